The zero-order valence-electron chi connectivity index (χ0n) is 11.6. The first-order chi connectivity index (χ1) is 9.15. The van der Waals surface area contributed by atoms with Crippen LogP contribution < -0.4 is 0 Å². The molecule has 0 bridgehead atoms. The Kier molecular flexibility index (Phi) is 4.27. The average Bonchev–Trinajstić information content (AvgIpc) is 3.15. The number of ether oxygens (including phenoxy) is 1. The highest BCUT2D eigenvalue weighted by molar-refractivity contribution is 7.75. The topological polar surface area (TPSA) is 48.1 Å². The first-order valence-corrected chi connectivity index (χ1v) is 8.51. The average molecular weight is 288 g/mol. The summed E-state index contributed by atoms with van der Waals surface area (Å²) in [5.74, 6) is 1.68. The fourth-order valence-electron chi connectivity index (χ4n) is 3.44. The summed E-state index contributed by atoms with van der Waals surface area (Å²) in [6.07, 6.45) is 8.89. The van der Waals surface area contributed by atoms with E-state index in [1.165, 1.54) is 32.1 Å². The van der Waals surface area contributed by atoms with Crippen molar-refractivity contribution in [2.75, 3.05) is 13.2 Å². The van der Waals surface area contributed by atoms with Gasteiger partial charge in [-0.3, -0.25) is 8.37 Å². The summed E-state index contributed by atoms with van der Waals surface area (Å²) < 4.78 is 27.7. The second-order valence-corrected chi connectivity index (χ2v) is 7.38. The fourth-order valence-corrected chi connectivity index (χ4v) is 4.23. The summed E-state index contributed by atoms with van der Waals surface area (Å²) in [5, 5.41) is 0. The normalized spacial score (nSPS) is 43.5. The molecule has 0 radical (unpaired) electrons. The van der Waals surface area contributed by atoms with Crippen molar-refractivity contribution in [1.82, 2.24) is 0 Å². The highest BCUT2D eigenvalue weighted by Gasteiger charge is 2.41. The van der Waals surface area contributed by atoms with Crippen molar-refractivity contribution in [2.24, 2.45) is 11.8 Å². The van der Waals surface area contributed by atoms with Crippen LogP contribution in [0.4, 0.5) is 0 Å². The molecule has 3 rings (SSSR count). The third-order valence-corrected chi connectivity index (χ3v) is 5.54. The molecule has 5 heteroatoms. The Morgan fingerprint density at radius 2 is 1.95 bits per heavy atom. The van der Waals surface area contributed by atoms with E-state index in [0.717, 1.165) is 24.7 Å². The molecule has 0 aromatic rings. The third-order valence-electron chi connectivity index (χ3n) is 4.80. The molecule has 0 aromatic carbocycles. The van der Waals surface area contributed by atoms with Crippen LogP contribution in [-0.4, -0.2) is 29.1 Å². The quantitative estimate of drug-likeness (QED) is 0.730. The maximum Gasteiger partial charge on any atom is 0.304 e. The van der Waals surface area contributed by atoms with Gasteiger partial charge in [-0.05, 0) is 38.0 Å². The number of hydrogen-bond acceptors (Lipinski definition) is 4. The first kappa shape index (κ1) is 14.0. The van der Waals surface area contributed by atoms with Crippen LogP contribution in [0, 0.1) is 11.8 Å². The highest BCUT2D eigenvalue weighted by Crippen LogP contribution is 2.41. The van der Waals surface area contributed by atoms with Crippen molar-refractivity contribution in [3.05, 3.63) is 0 Å². The molecule has 2 aliphatic carbocycles. The SMILES string of the molecule is CC1(COS(=O)OC2CCC3CCCCC3C2)CO1. The summed E-state index contributed by atoms with van der Waals surface area (Å²) in [5.41, 5.74) is -0.222. The van der Waals surface area contributed by atoms with Crippen LogP contribution in [-0.2, 0) is 24.5 Å². The number of epoxide rings is 1. The molecule has 3 fully saturated rings. The van der Waals surface area contributed by atoms with Crippen molar-refractivity contribution >= 4 is 11.4 Å². The molecule has 2 saturated carbocycles. The lowest BCUT2D eigenvalue weighted by atomic mass is 9.70. The van der Waals surface area contributed by atoms with Gasteiger partial charge in [-0.1, -0.05) is 25.7 Å². The van der Waals surface area contributed by atoms with Crippen LogP contribution in [0.3, 0.4) is 0 Å². The Morgan fingerprint density at radius 1 is 1.21 bits per heavy atom. The summed E-state index contributed by atoms with van der Waals surface area (Å²) in [6, 6.07) is 0. The lowest BCUT2D eigenvalue weighted by molar-refractivity contribution is 0.0611. The summed E-state index contributed by atoms with van der Waals surface area (Å²) >= 11 is -1.62. The minimum absolute atomic E-state index is 0.119. The van der Waals surface area contributed by atoms with Crippen LogP contribution >= 0.6 is 0 Å². The van der Waals surface area contributed by atoms with Gasteiger partial charge >= 0.3 is 11.4 Å². The summed E-state index contributed by atoms with van der Waals surface area (Å²) in [7, 11) is 0. The lowest BCUT2D eigenvalue weighted by Gasteiger charge is -2.38. The molecule has 5 unspecified atom stereocenters. The zero-order valence-corrected chi connectivity index (χ0v) is 12.5. The molecule has 0 amide bonds. The van der Waals surface area contributed by atoms with E-state index < -0.39 is 11.4 Å². The molecular formula is C14H24O4S. The van der Waals surface area contributed by atoms with Crippen molar-refractivity contribution in [3.8, 4) is 0 Å². The first-order valence-electron chi connectivity index (χ1n) is 7.51. The van der Waals surface area contributed by atoms with E-state index in [1.807, 2.05) is 6.92 Å². The van der Waals surface area contributed by atoms with Crippen LogP contribution in [0.1, 0.15) is 51.9 Å². The Hall–Kier alpha value is 0.0300. The van der Waals surface area contributed by atoms with Gasteiger partial charge in [0.1, 0.15) is 5.60 Å². The molecule has 0 aromatic heterocycles. The van der Waals surface area contributed by atoms with Gasteiger partial charge in [-0.25, -0.2) is 0 Å². The Morgan fingerprint density at radius 3 is 2.68 bits per heavy atom. The summed E-state index contributed by atoms with van der Waals surface area (Å²) in [4.78, 5) is 0. The third kappa shape index (κ3) is 3.78. The van der Waals surface area contributed by atoms with Crippen LogP contribution in [0.25, 0.3) is 0 Å². The van der Waals surface area contributed by atoms with Crippen LogP contribution in [0.5, 0.6) is 0 Å². The highest BCUT2D eigenvalue weighted by atomic mass is 32.2. The van der Waals surface area contributed by atoms with E-state index in [0.29, 0.717) is 13.2 Å². The molecule has 110 valence electrons. The maximum atomic E-state index is 11.8. The standard InChI is InChI=1S/C14H24O4S/c1-14(9-16-14)10-17-19(15)18-13-7-6-11-4-2-3-5-12(11)8-13/h11-13H,2-10H2,1H3. The van der Waals surface area contributed by atoms with Crippen LogP contribution in [0.15, 0.2) is 0 Å². The van der Waals surface area contributed by atoms with Crippen molar-refractivity contribution < 1.29 is 17.3 Å². The molecule has 1 saturated heterocycles. The van der Waals surface area contributed by atoms with E-state index in [4.69, 9.17) is 13.1 Å². The number of fused-ring (bicyclic) bond motifs is 1. The lowest BCUT2D eigenvalue weighted by Crippen LogP contribution is -2.32. The molecule has 5 atom stereocenters. The van der Waals surface area contributed by atoms with Gasteiger partial charge in [0.05, 0.1) is 19.3 Å². The van der Waals surface area contributed by atoms with E-state index in [2.05, 4.69) is 0 Å². The second kappa shape index (κ2) is 5.80. The Bertz CT molecular complexity index is 342. The Balaban J connectivity index is 1.41. The van der Waals surface area contributed by atoms with Gasteiger partial charge in [-0.2, -0.15) is 4.21 Å². The monoisotopic (exact) mass is 288 g/mol. The van der Waals surface area contributed by atoms with Gasteiger partial charge in [0.15, 0.2) is 0 Å². The van der Waals surface area contributed by atoms with Crippen LogP contribution in [0.2, 0.25) is 0 Å². The van der Waals surface area contributed by atoms with Gasteiger partial charge in [0, 0.05) is 0 Å². The van der Waals surface area contributed by atoms with E-state index in [-0.39, 0.29) is 11.7 Å². The maximum absolute atomic E-state index is 11.8. The number of hydrogen-bond donors (Lipinski definition) is 0. The molecule has 0 N–H and O–H groups in total. The van der Waals surface area contributed by atoms with E-state index >= 15 is 0 Å². The largest absolute Gasteiger partial charge is 0.367 e. The molecule has 19 heavy (non-hydrogen) atoms. The zero-order chi connectivity index (χ0) is 13.3. The summed E-state index contributed by atoms with van der Waals surface area (Å²) in [6.45, 7) is 3.01. The van der Waals surface area contributed by atoms with Gasteiger partial charge in [-0.15, -0.1) is 0 Å². The fraction of sp³-hybridized carbons (Fsp3) is 1.00. The van der Waals surface area contributed by atoms with Crippen molar-refractivity contribution in [3.63, 3.8) is 0 Å². The van der Waals surface area contributed by atoms with Crippen molar-refractivity contribution in [2.45, 2.75) is 63.6 Å². The molecule has 3 aliphatic rings. The predicted molar refractivity (Wildman–Crippen MR) is 72.6 cm³/mol. The van der Waals surface area contributed by atoms with Crippen molar-refractivity contribution in [1.29, 1.82) is 0 Å². The van der Waals surface area contributed by atoms with E-state index in [9.17, 15) is 4.21 Å². The molecule has 4 nitrogen and oxygen atoms in total. The minimum atomic E-state index is -1.62. The molecular weight excluding hydrogens is 264 g/mol. The smallest absolute Gasteiger partial charge is 0.304 e. The molecule has 1 aliphatic heterocycles. The predicted octanol–water partition coefficient (Wildman–Crippen LogP) is 2.75. The Labute approximate surface area is 118 Å². The minimum Gasteiger partial charge on any atom is -0.367 e. The molecule has 0 spiro atoms. The number of rotatable bonds is 5. The van der Waals surface area contributed by atoms with Gasteiger partial charge in [0.25, 0.3) is 0 Å². The van der Waals surface area contributed by atoms with Gasteiger partial charge < -0.3 is 4.74 Å². The van der Waals surface area contributed by atoms with Gasteiger partial charge in [0.2, 0.25) is 0 Å². The molecule has 1 heterocycles. The second-order valence-electron chi connectivity index (χ2n) is 6.54. The van der Waals surface area contributed by atoms with E-state index in [1.54, 1.807) is 0 Å².